The molecule has 2 nitrogen and oxygen atoms in total. The summed E-state index contributed by atoms with van der Waals surface area (Å²) in [6.07, 6.45) is 8.05. The lowest BCUT2D eigenvalue weighted by Crippen LogP contribution is -2.15. The molecule has 0 bridgehead atoms. The average molecular weight is 260 g/mol. The Labute approximate surface area is 115 Å². The summed E-state index contributed by atoms with van der Waals surface area (Å²) in [4.78, 5) is 11.0. The van der Waals surface area contributed by atoms with E-state index in [1.807, 2.05) is 6.92 Å². The molecule has 0 amide bonds. The van der Waals surface area contributed by atoms with Gasteiger partial charge in [0.2, 0.25) is 0 Å². The minimum Gasteiger partial charge on any atom is -0.481 e. The molecule has 2 heteroatoms. The third kappa shape index (κ3) is 3.82. The summed E-state index contributed by atoms with van der Waals surface area (Å²) in [6.45, 7) is 1.94. The van der Waals surface area contributed by atoms with E-state index in [1.54, 1.807) is 0 Å². The largest absolute Gasteiger partial charge is 0.481 e. The van der Waals surface area contributed by atoms with E-state index in [1.165, 1.54) is 37.7 Å². The SMILES string of the molecule is CCC(Cc1ccc(C2CCCCC2)cc1)C(=O)O. The Balaban J connectivity index is 1.99. The maximum atomic E-state index is 11.0. The first kappa shape index (κ1) is 14.1. The normalized spacial score (nSPS) is 18.2. The number of rotatable bonds is 5. The lowest BCUT2D eigenvalue weighted by molar-refractivity contribution is -0.141. The summed E-state index contributed by atoms with van der Waals surface area (Å²) in [5, 5.41) is 9.09. The van der Waals surface area contributed by atoms with Crippen molar-refractivity contribution in [3.05, 3.63) is 35.4 Å². The van der Waals surface area contributed by atoms with Crippen LogP contribution in [0, 0.1) is 5.92 Å². The van der Waals surface area contributed by atoms with Crippen molar-refractivity contribution in [2.24, 2.45) is 5.92 Å². The molecule has 19 heavy (non-hydrogen) atoms. The van der Waals surface area contributed by atoms with E-state index in [0.717, 1.165) is 11.5 Å². The molecule has 1 atom stereocenters. The molecular formula is C17H24O2. The molecule has 1 aliphatic rings. The average Bonchev–Trinajstić information content (AvgIpc) is 2.46. The Morgan fingerprint density at radius 1 is 1.21 bits per heavy atom. The topological polar surface area (TPSA) is 37.3 Å². The molecule has 104 valence electrons. The van der Waals surface area contributed by atoms with E-state index in [2.05, 4.69) is 24.3 Å². The molecule has 2 rings (SSSR count). The van der Waals surface area contributed by atoms with Crippen LogP contribution in [0.4, 0.5) is 0 Å². The van der Waals surface area contributed by atoms with Crippen LogP contribution in [0.15, 0.2) is 24.3 Å². The molecule has 1 aliphatic carbocycles. The molecule has 0 saturated heterocycles. The Bertz CT molecular complexity index is 402. The molecule has 1 aromatic carbocycles. The van der Waals surface area contributed by atoms with Gasteiger partial charge in [0, 0.05) is 0 Å². The number of hydrogen-bond acceptors (Lipinski definition) is 1. The van der Waals surface area contributed by atoms with Crippen molar-refractivity contribution in [1.29, 1.82) is 0 Å². The van der Waals surface area contributed by atoms with E-state index in [0.29, 0.717) is 12.8 Å². The van der Waals surface area contributed by atoms with Gasteiger partial charge in [0.05, 0.1) is 5.92 Å². The van der Waals surface area contributed by atoms with Crippen LogP contribution in [0.1, 0.15) is 62.5 Å². The van der Waals surface area contributed by atoms with Crippen molar-refractivity contribution in [3.8, 4) is 0 Å². The Morgan fingerprint density at radius 2 is 1.84 bits per heavy atom. The third-order valence-corrected chi connectivity index (χ3v) is 4.38. The van der Waals surface area contributed by atoms with Gasteiger partial charge in [0.25, 0.3) is 0 Å². The van der Waals surface area contributed by atoms with E-state index < -0.39 is 5.97 Å². The van der Waals surface area contributed by atoms with E-state index >= 15 is 0 Å². The minimum absolute atomic E-state index is 0.250. The summed E-state index contributed by atoms with van der Waals surface area (Å²) in [7, 11) is 0. The maximum absolute atomic E-state index is 11.0. The minimum atomic E-state index is -0.682. The van der Waals surface area contributed by atoms with Crippen LogP contribution in [0.3, 0.4) is 0 Å². The fourth-order valence-corrected chi connectivity index (χ4v) is 3.05. The highest BCUT2D eigenvalue weighted by atomic mass is 16.4. The molecule has 1 N–H and O–H groups in total. The van der Waals surface area contributed by atoms with Crippen molar-refractivity contribution in [3.63, 3.8) is 0 Å². The zero-order chi connectivity index (χ0) is 13.7. The molecule has 0 spiro atoms. The zero-order valence-corrected chi connectivity index (χ0v) is 11.8. The smallest absolute Gasteiger partial charge is 0.306 e. The molecule has 0 radical (unpaired) electrons. The third-order valence-electron chi connectivity index (χ3n) is 4.38. The predicted octanol–water partition coefficient (Wildman–Crippen LogP) is 4.39. The summed E-state index contributed by atoms with van der Waals surface area (Å²) in [6, 6.07) is 8.66. The van der Waals surface area contributed by atoms with Gasteiger partial charge in [-0.3, -0.25) is 4.79 Å². The highest BCUT2D eigenvalue weighted by Crippen LogP contribution is 2.32. The van der Waals surface area contributed by atoms with Gasteiger partial charge in [-0.15, -0.1) is 0 Å². The molecule has 0 aromatic heterocycles. The second kappa shape index (κ2) is 6.74. The van der Waals surface area contributed by atoms with Gasteiger partial charge in [0.1, 0.15) is 0 Å². The fraction of sp³-hybridized carbons (Fsp3) is 0.588. The molecule has 0 aliphatic heterocycles. The highest BCUT2D eigenvalue weighted by Gasteiger charge is 2.17. The zero-order valence-electron chi connectivity index (χ0n) is 11.8. The van der Waals surface area contributed by atoms with Crippen molar-refractivity contribution in [1.82, 2.24) is 0 Å². The number of aliphatic carboxylic acids is 1. The van der Waals surface area contributed by atoms with Crippen molar-refractivity contribution < 1.29 is 9.90 Å². The molecule has 1 aromatic rings. The number of benzene rings is 1. The Kier molecular flexibility index (Phi) is 5.00. The van der Waals surface area contributed by atoms with Crippen LogP contribution >= 0.6 is 0 Å². The second-order valence-electron chi connectivity index (χ2n) is 5.72. The molecule has 1 unspecified atom stereocenters. The summed E-state index contributed by atoms with van der Waals surface area (Å²) in [5.74, 6) is -0.205. The summed E-state index contributed by atoms with van der Waals surface area (Å²) < 4.78 is 0. The molecule has 1 saturated carbocycles. The first-order valence-electron chi connectivity index (χ1n) is 7.52. The second-order valence-corrected chi connectivity index (χ2v) is 5.72. The van der Waals surface area contributed by atoms with Gasteiger partial charge in [-0.25, -0.2) is 0 Å². The monoisotopic (exact) mass is 260 g/mol. The van der Waals surface area contributed by atoms with Crippen LogP contribution in [0.2, 0.25) is 0 Å². The van der Waals surface area contributed by atoms with Gasteiger partial charge in [-0.2, -0.15) is 0 Å². The summed E-state index contributed by atoms with van der Waals surface area (Å²) >= 11 is 0. The number of hydrogen-bond donors (Lipinski definition) is 1. The Morgan fingerprint density at radius 3 is 2.37 bits per heavy atom. The highest BCUT2D eigenvalue weighted by molar-refractivity contribution is 5.70. The lowest BCUT2D eigenvalue weighted by Gasteiger charge is -2.22. The van der Waals surface area contributed by atoms with Crippen molar-refractivity contribution >= 4 is 5.97 Å². The first-order chi connectivity index (χ1) is 9.20. The van der Waals surface area contributed by atoms with Crippen LogP contribution in [-0.4, -0.2) is 11.1 Å². The first-order valence-corrected chi connectivity index (χ1v) is 7.52. The van der Waals surface area contributed by atoms with Crippen LogP contribution in [0.25, 0.3) is 0 Å². The molecule has 1 fully saturated rings. The van der Waals surface area contributed by atoms with E-state index in [9.17, 15) is 4.79 Å². The van der Waals surface area contributed by atoms with Crippen LogP contribution < -0.4 is 0 Å². The maximum Gasteiger partial charge on any atom is 0.306 e. The molecule has 0 heterocycles. The number of carboxylic acids is 1. The summed E-state index contributed by atoms with van der Waals surface area (Å²) in [5.41, 5.74) is 2.58. The van der Waals surface area contributed by atoms with E-state index in [4.69, 9.17) is 5.11 Å². The lowest BCUT2D eigenvalue weighted by atomic mass is 9.83. The van der Waals surface area contributed by atoms with Gasteiger partial charge < -0.3 is 5.11 Å². The van der Waals surface area contributed by atoms with Gasteiger partial charge >= 0.3 is 5.97 Å². The number of carbonyl (C=O) groups is 1. The molecular weight excluding hydrogens is 236 g/mol. The predicted molar refractivity (Wildman–Crippen MR) is 77.4 cm³/mol. The van der Waals surface area contributed by atoms with Crippen LogP contribution in [0.5, 0.6) is 0 Å². The van der Waals surface area contributed by atoms with Crippen LogP contribution in [-0.2, 0) is 11.2 Å². The van der Waals surface area contributed by atoms with Gasteiger partial charge in [-0.05, 0) is 42.7 Å². The van der Waals surface area contributed by atoms with Crippen molar-refractivity contribution in [2.45, 2.75) is 57.8 Å². The Hall–Kier alpha value is -1.31. The van der Waals surface area contributed by atoms with Gasteiger partial charge in [-0.1, -0.05) is 50.5 Å². The number of carboxylic acid groups (broad SMARTS) is 1. The van der Waals surface area contributed by atoms with E-state index in [-0.39, 0.29) is 5.92 Å². The fourth-order valence-electron chi connectivity index (χ4n) is 3.05. The van der Waals surface area contributed by atoms with Crippen molar-refractivity contribution in [2.75, 3.05) is 0 Å². The standard InChI is InChI=1S/C17H24O2/c1-2-14(17(18)19)12-13-8-10-16(11-9-13)15-6-4-3-5-7-15/h8-11,14-15H,2-7,12H2,1H3,(H,18,19). The quantitative estimate of drug-likeness (QED) is 0.852. The van der Waals surface area contributed by atoms with Gasteiger partial charge in [0.15, 0.2) is 0 Å².